The Morgan fingerprint density at radius 1 is 1.14 bits per heavy atom. The molecular formula is C21H22Br2ClN3O. The predicted molar refractivity (Wildman–Crippen MR) is 126 cm³/mol. The van der Waals surface area contributed by atoms with Crippen molar-refractivity contribution in [3.8, 4) is 11.6 Å². The zero-order chi connectivity index (χ0) is 20.7. The fourth-order valence-corrected chi connectivity index (χ4v) is 3.21. The summed E-state index contributed by atoms with van der Waals surface area (Å²) >= 11 is 13.2. The van der Waals surface area contributed by atoms with Crippen molar-refractivity contribution in [1.29, 1.82) is 0 Å². The molecule has 0 saturated carbocycles. The third-order valence-corrected chi connectivity index (χ3v) is 5.06. The number of rotatable bonds is 4. The third kappa shape index (κ3) is 6.00. The molecule has 3 aromatic rings. The highest BCUT2D eigenvalue weighted by atomic mass is 79.9. The van der Waals surface area contributed by atoms with Crippen LogP contribution in [0.4, 0.5) is 5.69 Å². The number of aliphatic imine (C=N–C) groups is 1. The molecule has 0 aliphatic carbocycles. The molecule has 0 spiro atoms. The van der Waals surface area contributed by atoms with Crippen molar-refractivity contribution in [3.05, 3.63) is 50.1 Å². The van der Waals surface area contributed by atoms with Crippen molar-refractivity contribution >= 4 is 66.3 Å². The van der Waals surface area contributed by atoms with Gasteiger partial charge in [0.25, 0.3) is 0 Å². The van der Waals surface area contributed by atoms with E-state index >= 15 is 0 Å². The van der Waals surface area contributed by atoms with E-state index in [9.17, 15) is 0 Å². The van der Waals surface area contributed by atoms with Gasteiger partial charge in [-0.25, -0.2) is 4.98 Å². The summed E-state index contributed by atoms with van der Waals surface area (Å²) in [5.41, 5.74) is 2.30. The molecule has 0 bridgehead atoms. The number of pyridine rings is 2. The fraction of sp³-hybridized carbons (Fsp3) is 0.286. The Kier molecular flexibility index (Phi) is 8.86. The second-order valence-corrected chi connectivity index (χ2v) is 8.18. The molecule has 28 heavy (non-hydrogen) atoms. The minimum Gasteiger partial charge on any atom is -0.438 e. The van der Waals surface area contributed by atoms with E-state index in [2.05, 4.69) is 60.7 Å². The summed E-state index contributed by atoms with van der Waals surface area (Å²) in [5, 5.41) is 1.40. The Morgan fingerprint density at radius 3 is 2.50 bits per heavy atom. The van der Waals surface area contributed by atoms with Crippen molar-refractivity contribution in [2.75, 3.05) is 0 Å². The quantitative estimate of drug-likeness (QED) is 0.320. The number of halogens is 3. The molecule has 0 aliphatic heterocycles. The third-order valence-electron chi connectivity index (χ3n) is 3.77. The van der Waals surface area contributed by atoms with E-state index in [0.29, 0.717) is 16.7 Å². The number of hydrogen-bond donors (Lipinski definition) is 0. The van der Waals surface area contributed by atoms with Crippen LogP contribution in [0.2, 0.25) is 5.02 Å². The first-order valence-corrected chi connectivity index (χ1v) is 10.9. The van der Waals surface area contributed by atoms with Crippen LogP contribution >= 0.6 is 43.5 Å². The average Bonchev–Trinajstić information content (AvgIpc) is 2.65. The van der Waals surface area contributed by atoms with E-state index < -0.39 is 0 Å². The van der Waals surface area contributed by atoms with E-state index in [4.69, 9.17) is 16.3 Å². The van der Waals surface area contributed by atoms with Gasteiger partial charge in [0.1, 0.15) is 5.75 Å². The predicted octanol–water partition coefficient (Wildman–Crippen LogP) is 8.44. The van der Waals surface area contributed by atoms with E-state index in [-0.39, 0.29) is 0 Å². The molecule has 0 aliphatic rings. The molecule has 4 nitrogen and oxygen atoms in total. The number of fused-ring (bicyclic) bond motifs is 1. The van der Waals surface area contributed by atoms with Gasteiger partial charge in [-0.1, -0.05) is 38.3 Å². The first kappa shape index (κ1) is 22.8. The van der Waals surface area contributed by atoms with Crippen LogP contribution in [0.25, 0.3) is 10.9 Å². The van der Waals surface area contributed by atoms with Gasteiger partial charge in [-0.2, -0.15) is 0 Å². The fourth-order valence-electron chi connectivity index (χ4n) is 2.21. The van der Waals surface area contributed by atoms with E-state index in [1.165, 1.54) is 12.8 Å². The lowest BCUT2D eigenvalue weighted by Gasteiger charge is -2.10. The lowest BCUT2D eigenvalue weighted by atomic mass is 10.2. The summed E-state index contributed by atoms with van der Waals surface area (Å²) in [5.74, 6) is 1.05. The number of unbranched alkanes of at least 4 members (excludes halogenated alkanes) is 1. The van der Waals surface area contributed by atoms with E-state index in [0.717, 1.165) is 31.2 Å². The molecule has 1 aromatic carbocycles. The second kappa shape index (κ2) is 10.9. The molecule has 0 saturated heterocycles. The minimum absolute atomic E-state index is 0.459. The maximum atomic E-state index is 6.31. The van der Waals surface area contributed by atoms with Gasteiger partial charge in [0.2, 0.25) is 5.88 Å². The molecule has 148 valence electrons. The first-order chi connectivity index (χ1) is 13.4. The van der Waals surface area contributed by atoms with E-state index in [1.54, 1.807) is 18.5 Å². The maximum Gasteiger partial charge on any atom is 0.233 e. The molecule has 3 rings (SSSR count). The average molecular weight is 528 g/mol. The van der Waals surface area contributed by atoms with Crippen LogP contribution in [0.15, 0.2) is 44.4 Å². The summed E-state index contributed by atoms with van der Waals surface area (Å²) in [6, 6.07) is 7.42. The lowest BCUT2D eigenvalue weighted by Crippen LogP contribution is -1.93. The van der Waals surface area contributed by atoms with Crippen molar-refractivity contribution < 1.29 is 4.74 Å². The van der Waals surface area contributed by atoms with Crippen LogP contribution in [0.1, 0.15) is 39.3 Å². The van der Waals surface area contributed by atoms with Crippen molar-refractivity contribution in [1.82, 2.24) is 9.97 Å². The second-order valence-electron chi connectivity index (χ2n) is 6.00. The van der Waals surface area contributed by atoms with Gasteiger partial charge >= 0.3 is 0 Å². The molecule has 7 heteroatoms. The molecule has 0 radical (unpaired) electrons. The van der Waals surface area contributed by atoms with Crippen LogP contribution < -0.4 is 4.74 Å². The number of hydrogen-bond acceptors (Lipinski definition) is 4. The SMILES string of the molecule is CC=Nc1cc(Br)c(Oc2cc(Cl)c3ncc(Br)cc3c2)nc1C.CCCC. The number of ether oxygens (including phenoxy) is 1. The van der Waals surface area contributed by atoms with Crippen LogP contribution in [-0.2, 0) is 0 Å². The summed E-state index contributed by atoms with van der Waals surface area (Å²) < 4.78 is 7.51. The summed E-state index contributed by atoms with van der Waals surface area (Å²) in [6.07, 6.45) is 6.08. The van der Waals surface area contributed by atoms with Crippen molar-refractivity contribution in [3.63, 3.8) is 0 Å². The van der Waals surface area contributed by atoms with Gasteiger partial charge in [-0.15, -0.1) is 0 Å². The smallest absolute Gasteiger partial charge is 0.233 e. The molecule has 0 fully saturated rings. The summed E-state index contributed by atoms with van der Waals surface area (Å²) in [6.45, 7) is 8.11. The molecule has 2 aromatic heterocycles. The number of benzene rings is 1. The van der Waals surface area contributed by atoms with Crippen LogP contribution in [0.3, 0.4) is 0 Å². The van der Waals surface area contributed by atoms with Crippen LogP contribution in [0.5, 0.6) is 11.6 Å². The molecular weight excluding hydrogens is 506 g/mol. The molecule has 0 atom stereocenters. The highest BCUT2D eigenvalue weighted by Crippen LogP contribution is 2.35. The van der Waals surface area contributed by atoms with Crippen LogP contribution in [0, 0.1) is 6.92 Å². The molecule has 0 unspecified atom stereocenters. The minimum atomic E-state index is 0.459. The largest absolute Gasteiger partial charge is 0.438 e. The molecule has 0 amide bonds. The summed E-state index contributed by atoms with van der Waals surface area (Å²) in [7, 11) is 0. The Labute approximate surface area is 187 Å². The number of nitrogens with zero attached hydrogens (tertiary/aromatic N) is 3. The zero-order valence-electron chi connectivity index (χ0n) is 16.3. The van der Waals surface area contributed by atoms with Crippen molar-refractivity contribution in [2.24, 2.45) is 4.99 Å². The topological polar surface area (TPSA) is 47.4 Å². The first-order valence-electron chi connectivity index (χ1n) is 8.98. The van der Waals surface area contributed by atoms with Gasteiger partial charge in [-0.05, 0) is 63.9 Å². The normalized spacial score (nSPS) is 10.8. The Bertz CT molecular complexity index is 991. The Morgan fingerprint density at radius 2 is 1.86 bits per heavy atom. The molecule has 0 N–H and O–H groups in total. The van der Waals surface area contributed by atoms with Gasteiger partial charge in [-0.3, -0.25) is 9.98 Å². The molecule has 2 heterocycles. The number of aryl methyl sites for hydroxylation is 1. The standard InChI is InChI=1S/C17H12Br2ClN3O.C4H10/c1-3-21-15-7-13(19)17(23-9(15)2)24-12-5-10-4-11(18)8-22-16(10)14(20)6-12;1-3-4-2/h3-8H,1-2H3;3-4H2,1-2H3. The Hall–Kier alpha value is -1.50. The highest BCUT2D eigenvalue weighted by Gasteiger charge is 2.11. The van der Waals surface area contributed by atoms with Gasteiger partial charge in [0.15, 0.2) is 0 Å². The van der Waals surface area contributed by atoms with Crippen molar-refractivity contribution in [2.45, 2.75) is 40.5 Å². The van der Waals surface area contributed by atoms with Crippen LogP contribution in [-0.4, -0.2) is 16.2 Å². The van der Waals surface area contributed by atoms with E-state index in [1.807, 2.05) is 32.0 Å². The zero-order valence-corrected chi connectivity index (χ0v) is 20.2. The van der Waals surface area contributed by atoms with Gasteiger partial charge in [0, 0.05) is 28.3 Å². The Balaban J connectivity index is 0.000000640. The van der Waals surface area contributed by atoms with Gasteiger partial charge in [0.05, 0.1) is 26.4 Å². The lowest BCUT2D eigenvalue weighted by molar-refractivity contribution is 0.459. The van der Waals surface area contributed by atoms with Gasteiger partial charge < -0.3 is 4.74 Å². The number of aromatic nitrogens is 2. The highest BCUT2D eigenvalue weighted by molar-refractivity contribution is 9.10. The monoisotopic (exact) mass is 525 g/mol. The maximum absolute atomic E-state index is 6.31. The summed E-state index contributed by atoms with van der Waals surface area (Å²) in [4.78, 5) is 13.1.